The molecule has 0 aromatic rings. The zero-order chi connectivity index (χ0) is 18.6. The highest BCUT2D eigenvalue weighted by Crippen LogP contribution is 2.45. The first-order valence-corrected chi connectivity index (χ1v) is 16.0. The molecule has 0 bridgehead atoms. The summed E-state index contributed by atoms with van der Waals surface area (Å²) in [5, 5.41) is 17.7. The van der Waals surface area contributed by atoms with Gasteiger partial charge in [0.05, 0.1) is 0 Å². The molecule has 0 aliphatic carbocycles. The third kappa shape index (κ3) is 6.34. The summed E-state index contributed by atoms with van der Waals surface area (Å²) < 4.78 is 12.3. The Balaban J connectivity index is 6.22. The lowest BCUT2D eigenvalue weighted by atomic mass is 9.94. The van der Waals surface area contributed by atoms with Crippen molar-refractivity contribution in [1.29, 1.82) is 0 Å². The van der Waals surface area contributed by atoms with E-state index in [2.05, 4.69) is 6.58 Å². The van der Waals surface area contributed by atoms with E-state index in [0.717, 1.165) is 0 Å². The Morgan fingerprint density at radius 2 is 1.43 bits per heavy atom. The van der Waals surface area contributed by atoms with Crippen molar-refractivity contribution in [2.24, 2.45) is 0 Å². The molecule has 0 spiro atoms. The van der Waals surface area contributed by atoms with Crippen LogP contribution in [0.15, 0.2) is 12.2 Å². The van der Waals surface area contributed by atoms with Gasteiger partial charge in [0, 0.05) is 5.57 Å². The molecule has 0 aromatic heterocycles. The average molecular weight is 379 g/mol. The van der Waals surface area contributed by atoms with Gasteiger partial charge in [0.25, 0.3) is 0 Å². The minimum Gasteiger partial charge on any atom is -0.481 e. The fourth-order valence-corrected chi connectivity index (χ4v) is 10.7. The topological polar surface area (TPSA) is 93.1 Å². The third-order valence-corrected chi connectivity index (χ3v) is 12.2. The molecule has 0 amide bonds. The van der Waals surface area contributed by atoms with Crippen LogP contribution in [0.5, 0.6) is 0 Å². The molecule has 0 radical (unpaired) electrons. The molecule has 0 saturated heterocycles. The van der Waals surface area contributed by atoms with Gasteiger partial charge in [0.2, 0.25) is 0 Å². The van der Waals surface area contributed by atoms with Crippen LogP contribution >= 0.6 is 0 Å². The van der Waals surface area contributed by atoms with Crippen molar-refractivity contribution in [3.05, 3.63) is 12.2 Å². The Hall–Kier alpha value is -0.749. The molecule has 0 rings (SSSR count). The highest BCUT2D eigenvalue weighted by Gasteiger charge is 2.55. The van der Waals surface area contributed by atoms with Crippen LogP contribution in [0.1, 0.15) is 19.8 Å². The second-order valence-corrected chi connectivity index (χ2v) is 19.6. The monoisotopic (exact) mass is 378 g/mol. The van der Waals surface area contributed by atoms with Gasteiger partial charge in [-0.05, 0) is 45.7 Å². The van der Waals surface area contributed by atoms with E-state index in [0.29, 0.717) is 6.42 Å². The number of rotatable bonds is 10. The molecule has 6 nitrogen and oxygen atoms in total. The summed E-state index contributed by atoms with van der Waals surface area (Å²) in [4.78, 5) is 23.7. The molecular weight excluding hydrogens is 348 g/mol. The zero-order valence-corrected chi connectivity index (χ0v) is 18.4. The van der Waals surface area contributed by atoms with E-state index < -0.39 is 42.9 Å². The minimum absolute atomic E-state index is 0.152. The maximum Gasteiger partial charge on any atom is 0.332 e. The molecule has 0 heterocycles. The summed E-state index contributed by atoms with van der Waals surface area (Å²) >= 11 is 0. The van der Waals surface area contributed by atoms with Crippen LogP contribution in [0, 0.1) is 0 Å². The van der Waals surface area contributed by atoms with Crippen molar-refractivity contribution >= 4 is 37.9 Å². The van der Waals surface area contributed by atoms with Crippen molar-refractivity contribution in [3.63, 3.8) is 0 Å². The van der Waals surface area contributed by atoms with Crippen LogP contribution in [0.3, 0.4) is 0 Å². The predicted octanol–water partition coefficient (Wildman–Crippen LogP) is 3.18. The molecule has 0 aliphatic rings. The number of hydrogen-bond acceptors (Lipinski definition) is 4. The first-order valence-electron chi connectivity index (χ1n) is 7.69. The minimum atomic E-state index is -2.88. The van der Waals surface area contributed by atoms with E-state index in [1.807, 2.05) is 46.2 Å². The molecule has 9 heteroatoms. The molecule has 1 unspecified atom stereocenters. The summed E-state index contributed by atoms with van der Waals surface area (Å²) in [6, 6.07) is 0. The highest BCUT2D eigenvalue weighted by molar-refractivity contribution is 6.83. The second kappa shape index (κ2) is 7.88. The smallest absolute Gasteiger partial charge is 0.332 e. The van der Waals surface area contributed by atoms with Gasteiger partial charge in [-0.25, -0.2) is 4.79 Å². The number of aliphatic carboxylic acids is 2. The predicted molar refractivity (Wildman–Crippen MR) is 98.0 cm³/mol. The van der Waals surface area contributed by atoms with Crippen LogP contribution in [0.2, 0.25) is 44.3 Å². The maximum atomic E-state index is 12.2. The lowest BCUT2D eigenvalue weighted by Gasteiger charge is -2.41. The molecule has 23 heavy (non-hydrogen) atoms. The molecule has 134 valence electrons. The van der Waals surface area contributed by atoms with Crippen molar-refractivity contribution in [2.45, 2.75) is 64.1 Å². The van der Waals surface area contributed by atoms with Gasteiger partial charge in [0.15, 0.2) is 16.6 Å². The van der Waals surface area contributed by atoms with Gasteiger partial charge in [-0.2, -0.15) is 0 Å². The van der Waals surface area contributed by atoms with Crippen molar-refractivity contribution < 1.29 is 28.0 Å². The summed E-state index contributed by atoms with van der Waals surface area (Å²) in [6.07, 6.45) is 0.658. The van der Waals surface area contributed by atoms with E-state index in [9.17, 15) is 19.8 Å². The zero-order valence-electron chi connectivity index (χ0n) is 15.2. The van der Waals surface area contributed by atoms with Crippen LogP contribution in [-0.2, 0) is 17.8 Å². The summed E-state index contributed by atoms with van der Waals surface area (Å²) in [6.45, 7) is 17.1. The lowest BCUT2D eigenvalue weighted by molar-refractivity contribution is -0.143. The van der Waals surface area contributed by atoms with Crippen molar-refractivity contribution in [1.82, 2.24) is 0 Å². The Morgan fingerprint density at radius 1 is 1.04 bits per heavy atom. The molecule has 0 aliphatic heterocycles. The van der Waals surface area contributed by atoms with Crippen LogP contribution < -0.4 is 0 Å². The van der Waals surface area contributed by atoms with Gasteiger partial charge in [0.1, 0.15) is 5.04 Å². The Kier molecular flexibility index (Phi) is 7.63. The van der Waals surface area contributed by atoms with Crippen LogP contribution in [0.4, 0.5) is 0 Å². The Bertz CT molecular complexity index is 450. The molecule has 1 atom stereocenters. The molecule has 0 saturated carbocycles. The second-order valence-electron chi connectivity index (χ2n) is 7.60. The van der Waals surface area contributed by atoms with E-state index in [1.165, 1.54) is 0 Å². The number of carboxylic acids is 2. The van der Waals surface area contributed by atoms with Gasteiger partial charge in [-0.1, -0.05) is 19.9 Å². The largest absolute Gasteiger partial charge is 0.481 e. The molecule has 0 fully saturated rings. The molecule has 2 N–H and O–H groups in total. The van der Waals surface area contributed by atoms with Gasteiger partial charge in [-0.15, -0.1) is 0 Å². The van der Waals surface area contributed by atoms with Crippen molar-refractivity contribution in [2.75, 3.05) is 0 Å². The molecule has 0 aromatic carbocycles. The summed E-state index contributed by atoms with van der Waals surface area (Å²) in [5.74, 6) is -2.52. The average Bonchev–Trinajstić information content (AvgIpc) is 2.30. The SMILES string of the molecule is C=C(C(=O)O)C(CCC)(C(=O)O)[SiH](O[Si](C)(C)C)O[Si](C)(C)C. The fourth-order valence-electron chi connectivity index (χ4n) is 2.20. The standard InChI is InChI=1S/C14H30O6Si3/c1-9-10-14(13(17)18,11(2)12(15)16)21(19-22(3,4)5)20-23(6,7)8/h21H,2,9-10H2,1,3-8H3,(H,15,16)(H,17,18). The fraction of sp³-hybridized carbons (Fsp3) is 0.714. The van der Waals surface area contributed by atoms with Crippen molar-refractivity contribution in [3.8, 4) is 0 Å². The first-order chi connectivity index (χ1) is 10.2. The van der Waals surface area contributed by atoms with E-state index in [4.69, 9.17) is 8.23 Å². The Labute approximate surface area is 142 Å². The Morgan fingerprint density at radius 3 is 1.65 bits per heavy atom. The number of carbonyl (C=O) groups is 2. The van der Waals surface area contributed by atoms with E-state index in [1.54, 1.807) is 0 Å². The maximum absolute atomic E-state index is 12.2. The number of carboxylic acid groups (broad SMARTS) is 2. The molecular formula is C14H30O6Si3. The van der Waals surface area contributed by atoms with E-state index in [-0.39, 0.29) is 12.0 Å². The lowest BCUT2D eigenvalue weighted by Crippen LogP contribution is -2.54. The van der Waals surface area contributed by atoms with E-state index >= 15 is 0 Å². The van der Waals surface area contributed by atoms with Crippen LogP contribution in [-0.4, -0.2) is 48.1 Å². The van der Waals surface area contributed by atoms with Gasteiger partial charge in [-0.3, -0.25) is 4.79 Å². The first kappa shape index (κ1) is 22.3. The normalized spacial score (nSPS) is 15.3. The summed E-state index contributed by atoms with van der Waals surface area (Å²) in [5.41, 5.74) is -0.333. The highest BCUT2D eigenvalue weighted by atomic mass is 28.4. The van der Waals surface area contributed by atoms with Gasteiger partial charge >= 0.3 is 21.2 Å². The quantitative estimate of drug-likeness (QED) is 0.448. The third-order valence-electron chi connectivity index (χ3n) is 3.15. The number of hydrogen-bond donors (Lipinski definition) is 2. The van der Waals surface area contributed by atoms with Crippen LogP contribution in [0.25, 0.3) is 0 Å². The summed E-state index contributed by atoms with van der Waals surface area (Å²) in [7, 11) is -7.13. The van der Waals surface area contributed by atoms with Gasteiger partial charge < -0.3 is 18.4 Å².